The maximum absolute atomic E-state index is 12.4. The maximum atomic E-state index is 12.4. The first-order chi connectivity index (χ1) is 14.2. The molecule has 0 radical (unpaired) electrons. The zero-order valence-electron chi connectivity index (χ0n) is 16.4. The highest BCUT2D eigenvalue weighted by Gasteiger charge is 2.15. The van der Waals surface area contributed by atoms with Crippen LogP contribution in [0.15, 0.2) is 41.8 Å². The summed E-state index contributed by atoms with van der Waals surface area (Å²) in [7, 11) is 3.24. The molecule has 29 heavy (non-hydrogen) atoms. The van der Waals surface area contributed by atoms with Gasteiger partial charge in [0.15, 0.2) is 5.13 Å². The molecule has 1 aliphatic rings. The summed E-state index contributed by atoms with van der Waals surface area (Å²) in [6, 6.07) is 11.7. The van der Waals surface area contributed by atoms with Gasteiger partial charge in [0, 0.05) is 23.8 Å². The fourth-order valence-corrected chi connectivity index (χ4v) is 4.05. The molecule has 0 unspecified atom stereocenters. The summed E-state index contributed by atoms with van der Waals surface area (Å²) in [6.45, 7) is 0.731. The molecule has 0 aliphatic carbocycles. The predicted octanol–water partition coefficient (Wildman–Crippen LogP) is 4.33. The number of aryl methyl sites for hydroxylation is 1. The third-order valence-electron chi connectivity index (χ3n) is 4.84. The van der Waals surface area contributed by atoms with E-state index in [9.17, 15) is 4.79 Å². The minimum atomic E-state index is -0.0851. The van der Waals surface area contributed by atoms with Crippen molar-refractivity contribution in [2.45, 2.75) is 19.3 Å². The molecule has 4 rings (SSSR count). The van der Waals surface area contributed by atoms with E-state index in [2.05, 4.69) is 16.4 Å². The molecule has 6 nitrogen and oxygen atoms in total. The Morgan fingerprint density at radius 1 is 1.21 bits per heavy atom. The number of benzene rings is 2. The number of hydrogen-bond donors (Lipinski definition) is 1. The van der Waals surface area contributed by atoms with E-state index >= 15 is 0 Å². The van der Waals surface area contributed by atoms with Crippen LogP contribution in [0.1, 0.15) is 17.5 Å². The van der Waals surface area contributed by atoms with Crippen LogP contribution in [0.2, 0.25) is 0 Å². The summed E-state index contributed by atoms with van der Waals surface area (Å²) in [6.07, 6.45) is 1.80. The van der Waals surface area contributed by atoms with Gasteiger partial charge >= 0.3 is 0 Å². The second-order valence-electron chi connectivity index (χ2n) is 6.68. The zero-order chi connectivity index (χ0) is 20.2. The second kappa shape index (κ2) is 8.53. The number of ether oxygens (including phenoxy) is 3. The van der Waals surface area contributed by atoms with Crippen LogP contribution >= 0.6 is 11.3 Å². The van der Waals surface area contributed by atoms with Crippen LogP contribution in [0.5, 0.6) is 17.2 Å². The minimum Gasteiger partial charge on any atom is -0.497 e. The first kappa shape index (κ1) is 19.3. The lowest BCUT2D eigenvalue weighted by Gasteiger charge is -2.10. The summed E-state index contributed by atoms with van der Waals surface area (Å²) < 4.78 is 16.2. The van der Waals surface area contributed by atoms with Gasteiger partial charge in [0.05, 0.1) is 26.5 Å². The van der Waals surface area contributed by atoms with Crippen molar-refractivity contribution in [3.63, 3.8) is 0 Å². The average Bonchev–Trinajstić information content (AvgIpc) is 3.40. The smallest absolute Gasteiger partial charge is 0.226 e. The molecule has 0 saturated heterocycles. The van der Waals surface area contributed by atoms with Crippen molar-refractivity contribution in [1.29, 1.82) is 0 Å². The normalized spacial score (nSPS) is 12.2. The molecule has 0 bridgehead atoms. The predicted molar refractivity (Wildman–Crippen MR) is 113 cm³/mol. The number of aromatic nitrogens is 1. The zero-order valence-corrected chi connectivity index (χ0v) is 17.2. The minimum absolute atomic E-state index is 0.0851. The molecule has 1 amide bonds. The van der Waals surface area contributed by atoms with Crippen LogP contribution in [0, 0.1) is 0 Å². The number of anilines is 1. The number of hydrogen-bond acceptors (Lipinski definition) is 6. The lowest BCUT2D eigenvalue weighted by atomic mass is 10.1. The van der Waals surface area contributed by atoms with Crippen LogP contribution in [0.3, 0.4) is 0 Å². The van der Waals surface area contributed by atoms with Gasteiger partial charge in [0.2, 0.25) is 5.91 Å². The molecular formula is C22H22N2O4S. The molecule has 1 aromatic heterocycles. The topological polar surface area (TPSA) is 69.7 Å². The summed E-state index contributed by atoms with van der Waals surface area (Å²) in [5.74, 6) is 2.35. The van der Waals surface area contributed by atoms with E-state index in [1.807, 2.05) is 35.7 Å². The number of amides is 1. The number of carbonyl (C=O) groups is 1. The van der Waals surface area contributed by atoms with Crippen molar-refractivity contribution in [2.24, 2.45) is 0 Å². The van der Waals surface area contributed by atoms with Crippen molar-refractivity contribution in [1.82, 2.24) is 4.98 Å². The van der Waals surface area contributed by atoms with E-state index in [4.69, 9.17) is 14.2 Å². The van der Waals surface area contributed by atoms with Crippen LogP contribution in [0.25, 0.3) is 11.3 Å². The SMILES string of the molecule is COc1ccc(OC)c(CCC(=O)Nc2nc(-c3ccc4c(c3)CCO4)cs2)c1. The Morgan fingerprint density at radius 2 is 2.10 bits per heavy atom. The van der Waals surface area contributed by atoms with Gasteiger partial charge in [0.25, 0.3) is 0 Å². The van der Waals surface area contributed by atoms with E-state index in [-0.39, 0.29) is 5.91 Å². The Hall–Kier alpha value is -3.06. The highest BCUT2D eigenvalue weighted by molar-refractivity contribution is 7.14. The summed E-state index contributed by atoms with van der Waals surface area (Å²) in [5.41, 5.74) is 4.03. The third kappa shape index (κ3) is 4.35. The molecule has 0 atom stereocenters. The lowest BCUT2D eigenvalue weighted by molar-refractivity contribution is -0.116. The molecule has 0 fully saturated rings. The van der Waals surface area contributed by atoms with Crippen LogP contribution < -0.4 is 19.5 Å². The summed E-state index contributed by atoms with van der Waals surface area (Å²) in [5, 5.41) is 5.45. The maximum Gasteiger partial charge on any atom is 0.226 e. The molecular weight excluding hydrogens is 388 g/mol. The van der Waals surface area contributed by atoms with Gasteiger partial charge in [-0.2, -0.15) is 0 Å². The summed E-state index contributed by atoms with van der Waals surface area (Å²) in [4.78, 5) is 17.0. The Kier molecular flexibility index (Phi) is 5.67. The second-order valence-corrected chi connectivity index (χ2v) is 7.54. The molecule has 0 saturated carbocycles. The Labute approximate surface area is 173 Å². The van der Waals surface area contributed by atoms with E-state index in [1.165, 1.54) is 16.9 Å². The van der Waals surface area contributed by atoms with Gasteiger partial charge in [-0.1, -0.05) is 0 Å². The van der Waals surface area contributed by atoms with E-state index in [1.54, 1.807) is 14.2 Å². The fourth-order valence-electron chi connectivity index (χ4n) is 3.32. The standard InChI is InChI=1S/C22H22N2O4S/c1-26-17-5-7-19(27-2)15(12-17)4-8-21(25)24-22-23-18(13-29-22)14-3-6-20-16(11-14)9-10-28-20/h3,5-7,11-13H,4,8-10H2,1-2H3,(H,23,24,25). The van der Waals surface area contributed by atoms with E-state index < -0.39 is 0 Å². The van der Waals surface area contributed by atoms with E-state index in [0.717, 1.165) is 47.1 Å². The molecule has 2 aromatic carbocycles. The van der Waals surface area contributed by atoms with Gasteiger partial charge in [-0.15, -0.1) is 11.3 Å². The van der Waals surface area contributed by atoms with Crippen molar-refractivity contribution in [2.75, 3.05) is 26.1 Å². The van der Waals surface area contributed by atoms with Gasteiger partial charge in [0.1, 0.15) is 17.2 Å². The van der Waals surface area contributed by atoms with Crippen molar-refractivity contribution in [3.05, 3.63) is 52.9 Å². The number of nitrogens with one attached hydrogen (secondary N) is 1. The number of fused-ring (bicyclic) bond motifs is 1. The molecule has 7 heteroatoms. The lowest BCUT2D eigenvalue weighted by Crippen LogP contribution is -2.12. The number of nitrogens with zero attached hydrogens (tertiary/aromatic N) is 1. The number of methoxy groups -OCH3 is 2. The molecule has 3 aromatic rings. The highest BCUT2D eigenvalue weighted by atomic mass is 32.1. The number of carbonyl (C=O) groups excluding carboxylic acids is 1. The first-order valence-corrected chi connectivity index (χ1v) is 10.3. The molecule has 150 valence electrons. The largest absolute Gasteiger partial charge is 0.497 e. The van der Waals surface area contributed by atoms with Gasteiger partial charge in [-0.3, -0.25) is 4.79 Å². The Bertz CT molecular complexity index is 1030. The number of rotatable bonds is 7. The molecule has 2 heterocycles. The van der Waals surface area contributed by atoms with Crippen LogP contribution in [0.4, 0.5) is 5.13 Å². The first-order valence-electron chi connectivity index (χ1n) is 9.38. The number of thiazole rings is 1. The molecule has 1 N–H and O–H groups in total. The molecule has 1 aliphatic heterocycles. The summed E-state index contributed by atoms with van der Waals surface area (Å²) >= 11 is 1.42. The third-order valence-corrected chi connectivity index (χ3v) is 5.60. The van der Waals surface area contributed by atoms with E-state index in [0.29, 0.717) is 18.0 Å². The molecule has 0 spiro atoms. The van der Waals surface area contributed by atoms with Gasteiger partial charge < -0.3 is 19.5 Å². The van der Waals surface area contributed by atoms with Crippen molar-refractivity contribution in [3.8, 4) is 28.5 Å². The van der Waals surface area contributed by atoms with Crippen molar-refractivity contribution < 1.29 is 19.0 Å². The average molecular weight is 410 g/mol. The Morgan fingerprint density at radius 3 is 2.93 bits per heavy atom. The van der Waals surface area contributed by atoms with Crippen LogP contribution in [-0.4, -0.2) is 31.7 Å². The fraction of sp³-hybridized carbons (Fsp3) is 0.273. The quantitative estimate of drug-likeness (QED) is 0.628. The van der Waals surface area contributed by atoms with Gasteiger partial charge in [-0.05, 0) is 53.9 Å². The highest BCUT2D eigenvalue weighted by Crippen LogP contribution is 2.32. The van der Waals surface area contributed by atoms with Crippen molar-refractivity contribution >= 4 is 22.4 Å². The van der Waals surface area contributed by atoms with Gasteiger partial charge in [-0.25, -0.2) is 4.98 Å². The van der Waals surface area contributed by atoms with Crippen LogP contribution in [-0.2, 0) is 17.6 Å². The Balaban J connectivity index is 1.39. The monoisotopic (exact) mass is 410 g/mol.